The first kappa shape index (κ1) is 16.6. The van der Waals surface area contributed by atoms with E-state index >= 15 is 0 Å². The van der Waals surface area contributed by atoms with Crippen LogP contribution in [0.2, 0.25) is 0 Å². The van der Waals surface area contributed by atoms with E-state index in [2.05, 4.69) is 0 Å². The normalized spacial score (nSPS) is 12.5. The van der Waals surface area contributed by atoms with Gasteiger partial charge in [0.25, 0.3) is 0 Å². The highest BCUT2D eigenvalue weighted by Crippen LogP contribution is 2.17. The van der Waals surface area contributed by atoms with Crippen LogP contribution < -0.4 is 0 Å². The van der Waals surface area contributed by atoms with Crippen molar-refractivity contribution in [2.75, 3.05) is 6.61 Å². The summed E-state index contributed by atoms with van der Waals surface area (Å²) in [5, 5.41) is 17.2. The summed E-state index contributed by atoms with van der Waals surface area (Å²) in [6.07, 6.45) is 2.38. The van der Waals surface area contributed by atoms with E-state index < -0.39 is 17.5 Å². The maximum Gasteiger partial charge on any atom is 0.331 e. The molecule has 0 aromatic heterocycles. The quantitative estimate of drug-likeness (QED) is 0.285. The van der Waals surface area contributed by atoms with E-state index in [9.17, 15) is 9.59 Å². The summed E-state index contributed by atoms with van der Waals surface area (Å²) in [5.74, 6) is -2.56. The molecule has 0 aromatic rings. The number of carboxylic acid groups (broad SMARTS) is 2. The van der Waals surface area contributed by atoms with Crippen molar-refractivity contribution in [3.63, 3.8) is 0 Å². The van der Waals surface area contributed by atoms with Gasteiger partial charge in [-0.1, -0.05) is 13.3 Å². The van der Waals surface area contributed by atoms with Gasteiger partial charge >= 0.3 is 11.9 Å². The lowest BCUT2D eigenvalue weighted by molar-refractivity contribution is -0.353. The summed E-state index contributed by atoms with van der Waals surface area (Å²) in [6.45, 7) is 5.74. The van der Waals surface area contributed by atoms with Crippen LogP contribution in [0.4, 0.5) is 0 Å². The Balaban J connectivity index is 4.09. The van der Waals surface area contributed by atoms with Gasteiger partial charge in [0.15, 0.2) is 0 Å². The van der Waals surface area contributed by atoms with Crippen molar-refractivity contribution in [2.45, 2.75) is 45.6 Å². The van der Waals surface area contributed by atoms with E-state index in [1.807, 2.05) is 20.8 Å². The van der Waals surface area contributed by atoms with Gasteiger partial charge in [0.05, 0.1) is 12.2 Å². The third-order valence-corrected chi connectivity index (χ3v) is 2.16. The monoisotopic (exact) mass is 260 g/mol. The minimum absolute atomic E-state index is 0.00143. The van der Waals surface area contributed by atoms with Crippen molar-refractivity contribution in [1.29, 1.82) is 0 Å². The van der Waals surface area contributed by atoms with Crippen LogP contribution in [-0.2, 0) is 19.4 Å². The Morgan fingerprint density at radius 3 is 2.33 bits per heavy atom. The van der Waals surface area contributed by atoms with Gasteiger partial charge in [-0.3, -0.25) is 0 Å². The van der Waals surface area contributed by atoms with Crippen molar-refractivity contribution in [2.24, 2.45) is 0 Å². The van der Waals surface area contributed by atoms with E-state index in [4.69, 9.17) is 20.0 Å². The minimum Gasteiger partial charge on any atom is -0.478 e. The molecule has 0 amide bonds. The molecule has 6 heteroatoms. The molecular weight excluding hydrogens is 240 g/mol. The van der Waals surface area contributed by atoms with Crippen LogP contribution in [0.1, 0.15) is 40.0 Å². The number of aliphatic carboxylic acids is 2. The fourth-order valence-corrected chi connectivity index (χ4v) is 1.39. The van der Waals surface area contributed by atoms with Crippen molar-refractivity contribution < 1.29 is 29.6 Å². The molecule has 6 nitrogen and oxygen atoms in total. The van der Waals surface area contributed by atoms with Crippen LogP contribution in [0.5, 0.6) is 0 Å². The number of hydrogen-bond acceptors (Lipinski definition) is 4. The van der Waals surface area contributed by atoms with E-state index in [0.29, 0.717) is 6.08 Å². The Kier molecular flexibility index (Phi) is 7.23. The second-order valence-corrected chi connectivity index (χ2v) is 4.48. The lowest BCUT2D eigenvalue weighted by atomic mass is 10.0. The second kappa shape index (κ2) is 7.84. The molecule has 0 rings (SSSR count). The van der Waals surface area contributed by atoms with E-state index in [1.165, 1.54) is 0 Å². The summed E-state index contributed by atoms with van der Waals surface area (Å²) >= 11 is 0. The average molecular weight is 260 g/mol. The molecule has 0 saturated heterocycles. The van der Waals surface area contributed by atoms with Crippen LogP contribution in [0, 0.1) is 0 Å². The van der Waals surface area contributed by atoms with E-state index in [0.717, 1.165) is 12.8 Å². The second-order valence-electron chi connectivity index (χ2n) is 4.48. The third-order valence-electron chi connectivity index (χ3n) is 2.16. The van der Waals surface area contributed by atoms with Crippen molar-refractivity contribution in [3.8, 4) is 0 Å². The average Bonchev–Trinajstić information content (AvgIpc) is 2.21. The molecule has 0 saturated carbocycles. The van der Waals surface area contributed by atoms with Crippen LogP contribution in [-0.4, -0.2) is 34.4 Å². The predicted octanol–water partition coefficient (Wildman–Crippen LogP) is 2.00. The van der Waals surface area contributed by atoms with Gasteiger partial charge in [0.2, 0.25) is 0 Å². The lowest BCUT2D eigenvalue weighted by Crippen LogP contribution is -2.24. The molecule has 0 aliphatic carbocycles. The van der Waals surface area contributed by atoms with Crippen molar-refractivity contribution in [3.05, 3.63) is 11.6 Å². The van der Waals surface area contributed by atoms with Crippen LogP contribution in [0.15, 0.2) is 11.6 Å². The number of carboxylic acids is 2. The van der Waals surface area contributed by atoms with Crippen LogP contribution in [0.3, 0.4) is 0 Å². The maximum absolute atomic E-state index is 10.7. The highest BCUT2D eigenvalue weighted by molar-refractivity contribution is 5.94. The highest BCUT2D eigenvalue weighted by atomic mass is 17.2. The van der Waals surface area contributed by atoms with Gasteiger partial charge in [0, 0.05) is 18.1 Å². The topological polar surface area (TPSA) is 93.1 Å². The van der Waals surface area contributed by atoms with Gasteiger partial charge in [0.1, 0.15) is 0 Å². The van der Waals surface area contributed by atoms with Gasteiger partial charge in [-0.2, -0.15) is 0 Å². The van der Waals surface area contributed by atoms with Gasteiger partial charge in [-0.05, 0) is 20.3 Å². The molecular formula is C12H20O6. The number of rotatable bonds is 9. The first-order chi connectivity index (χ1) is 8.28. The molecule has 0 radical (unpaired) electrons. The molecule has 104 valence electrons. The molecule has 0 aliphatic heterocycles. The van der Waals surface area contributed by atoms with Gasteiger partial charge in [-0.25, -0.2) is 19.4 Å². The fraction of sp³-hybridized carbons (Fsp3) is 0.667. The molecule has 0 unspecified atom stereocenters. The summed E-state index contributed by atoms with van der Waals surface area (Å²) in [7, 11) is 0. The smallest absolute Gasteiger partial charge is 0.331 e. The SMILES string of the molecule is CCCC(C)(C)OOCC/C(=C\C(=O)O)C(=O)O. The summed E-state index contributed by atoms with van der Waals surface area (Å²) in [4.78, 5) is 31.1. The zero-order valence-electron chi connectivity index (χ0n) is 10.9. The molecule has 0 spiro atoms. The molecule has 0 atom stereocenters. The lowest BCUT2D eigenvalue weighted by Gasteiger charge is -2.22. The molecule has 18 heavy (non-hydrogen) atoms. The minimum atomic E-state index is -1.29. The largest absolute Gasteiger partial charge is 0.478 e. The van der Waals surface area contributed by atoms with Crippen molar-refractivity contribution >= 4 is 11.9 Å². The van der Waals surface area contributed by atoms with E-state index in [-0.39, 0.29) is 18.6 Å². The summed E-state index contributed by atoms with van der Waals surface area (Å²) < 4.78 is 0. The zero-order valence-corrected chi connectivity index (χ0v) is 10.9. The van der Waals surface area contributed by atoms with E-state index in [1.54, 1.807) is 0 Å². The highest BCUT2D eigenvalue weighted by Gasteiger charge is 2.18. The Morgan fingerprint density at radius 2 is 1.89 bits per heavy atom. The Morgan fingerprint density at radius 1 is 1.28 bits per heavy atom. The number of carbonyl (C=O) groups is 2. The summed E-state index contributed by atoms with van der Waals surface area (Å²) in [6, 6.07) is 0. The standard InChI is InChI=1S/C12H20O6/c1-4-6-12(2,3)18-17-7-5-9(11(15)16)8-10(13)14/h8H,4-7H2,1-3H3,(H,13,14)(H,15,16)/b9-8+. The summed E-state index contributed by atoms with van der Waals surface area (Å²) in [5.41, 5.74) is -0.659. The molecule has 0 bridgehead atoms. The molecule has 0 aliphatic rings. The predicted molar refractivity (Wildman–Crippen MR) is 64.0 cm³/mol. The fourth-order valence-electron chi connectivity index (χ4n) is 1.39. The Bertz CT molecular complexity index is 319. The Hall–Kier alpha value is -1.40. The van der Waals surface area contributed by atoms with Crippen LogP contribution >= 0.6 is 0 Å². The van der Waals surface area contributed by atoms with Crippen LogP contribution in [0.25, 0.3) is 0 Å². The van der Waals surface area contributed by atoms with Crippen molar-refractivity contribution in [1.82, 2.24) is 0 Å². The first-order valence-corrected chi connectivity index (χ1v) is 5.76. The molecule has 0 heterocycles. The first-order valence-electron chi connectivity index (χ1n) is 5.76. The molecule has 2 N–H and O–H groups in total. The third kappa shape index (κ3) is 7.81. The maximum atomic E-state index is 10.7. The Labute approximate surface area is 106 Å². The number of hydrogen-bond donors (Lipinski definition) is 2. The van der Waals surface area contributed by atoms with Gasteiger partial charge in [-0.15, -0.1) is 0 Å². The molecule has 0 aromatic carbocycles. The zero-order chi connectivity index (χ0) is 14.2. The molecule has 0 fully saturated rings. The van der Waals surface area contributed by atoms with Gasteiger partial charge < -0.3 is 10.2 Å².